The highest BCUT2D eigenvalue weighted by molar-refractivity contribution is 5.90. The van der Waals surface area contributed by atoms with Crippen molar-refractivity contribution in [3.8, 4) is 0 Å². The number of benzene rings is 1. The fourth-order valence-electron chi connectivity index (χ4n) is 1.82. The molecule has 0 fully saturated rings. The minimum absolute atomic E-state index is 0.135. The van der Waals surface area contributed by atoms with E-state index in [2.05, 4.69) is 15.2 Å². The van der Waals surface area contributed by atoms with Crippen LogP contribution >= 0.6 is 0 Å². The lowest BCUT2D eigenvalue weighted by Crippen LogP contribution is -2.10. The van der Waals surface area contributed by atoms with Crippen molar-refractivity contribution >= 4 is 11.7 Å². The highest BCUT2D eigenvalue weighted by Crippen LogP contribution is 2.32. The number of nitrogens with one attached hydrogen (secondary N) is 1. The second-order valence-electron chi connectivity index (χ2n) is 4.57. The van der Waals surface area contributed by atoms with E-state index in [0.717, 1.165) is 19.2 Å². The van der Waals surface area contributed by atoms with Crippen molar-refractivity contribution < 1.29 is 27.2 Å². The zero-order chi connectivity index (χ0) is 16.3. The van der Waals surface area contributed by atoms with Gasteiger partial charge in [-0.05, 0) is 25.1 Å². The number of ether oxygens (including phenoxy) is 1. The molecule has 1 aromatic heterocycles. The van der Waals surface area contributed by atoms with Crippen LogP contribution in [0.15, 0.2) is 28.8 Å². The fourth-order valence-corrected chi connectivity index (χ4v) is 1.82. The average Bonchev–Trinajstić information content (AvgIpc) is 2.88. The molecule has 2 aromatic rings. The molecule has 1 heterocycles. The van der Waals surface area contributed by atoms with Crippen LogP contribution in [0, 0.1) is 6.92 Å². The lowest BCUT2D eigenvalue weighted by atomic mass is 10.1. The molecule has 0 unspecified atom stereocenters. The Kier molecular flexibility index (Phi) is 4.39. The molecule has 0 amide bonds. The normalized spacial score (nSPS) is 11.3. The van der Waals surface area contributed by atoms with Crippen LogP contribution < -0.4 is 5.32 Å². The van der Waals surface area contributed by atoms with Gasteiger partial charge in [-0.3, -0.25) is 0 Å². The van der Waals surface area contributed by atoms with Crippen molar-refractivity contribution in [2.45, 2.75) is 19.6 Å². The first-order valence-corrected chi connectivity index (χ1v) is 6.26. The van der Waals surface area contributed by atoms with Crippen LogP contribution in [0.2, 0.25) is 0 Å². The third kappa shape index (κ3) is 3.78. The molecule has 2 rings (SSSR count). The van der Waals surface area contributed by atoms with Gasteiger partial charge in [0.2, 0.25) is 0 Å². The number of methoxy groups -OCH3 is 1. The van der Waals surface area contributed by atoms with Gasteiger partial charge >= 0.3 is 12.1 Å². The zero-order valence-electron chi connectivity index (χ0n) is 11.8. The number of nitrogens with zero attached hydrogens (tertiary/aromatic N) is 1. The van der Waals surface area contributed by atoms with Crippen molar-refractivity contribution in [1.82, 2.24) is 5.16 Å². The maximum Gasteiger partial charge on any atom is 0.416 e. The van der Waals surface area contributed by atoms with E-state index >= 15 is 0 Å². The van der Waals surface area contributed by atoms with Crippen molar-refractivity contribution in [1.29, 1.82) is 0 Å². The number of aromatic nitrogens is 1. The third-order valence-electron chi connectivity index (χ3n) is 2.83. The molecule has 5 nitrogen and oxygen atoms in total. The highest BCUT2D eigenvalue weighted by Gasteiger charge is 2.32. The SMILES string of the molecule is COC(=O)c1cc(NCc2cc(C)on2)cc(C(F)(F)F)c1. The Morgan fingerprint density at radius 1 is 1.32 bits per heavy atom. The standard InChI is InChI=1S/C14H13F3N2O3/c1-8-3-12(19-22-8)7-18-11-5-9(13(20)21-2)4-10(6-11)14(15,16)17/h3-6,18H,7H2,1-2H3. The Bertz CT molecular complexity index is 680. The van der Waals surface area contributed by atoms with Crippen LogP contribution in [0.5, 0.6) is 0 Å². The van der Waals surface area contributed by atoms with E-state index in [4.69, 9.17) is 4.52 Å². The molecular weight excluding hydrogens is 301 g/mol. The van der Waals surface area contributed by atoms with E-state index in [0.29, 0.717) is 11.5 Å². The van der Waals surface area contributed by atoms with E-state index in [9.17, 15) is 18.0 Å². The number of esters is 1. The minimum Gasteiger partial charge on any atom is -0.465 e. The number of anilines is 1. The first-order valence-electron chi connectivity index (χ1n) is 6.26. The van der Waals surface area contributed by atoms with Gasteiger partial charge in [0.05, 0.1) is 24.8 Å². The van der Waals surface area contributed by atoms with Gasteiger partial charge < -0.3 is 14.6 Å². The second kappa shape index (κ2) is 6.08. The lowest BCUT2D eigenvalue weighted by molar-refractivity contribution is -0.137. The van der Waals surface area contributed by atoms with Gasteiger partial charge in [-0.25, -0.2) is 4.79 Å². The Balaban J connectivity index is 2.27. The summed E-state index contributed by atoms with van der Waals surface area (Å²) in [5.74, 6) is -0.248. The van der Waals surface area contributed by atoms with Gasteiger partial charge in [0.1, 0.15) is 11.5 Å². The number of rotatable bonds is 4. The van der Waals surface area contributed by atoms with Gasteiger partial charge in [0, 0.05) is 11.8 Å². The Morgan fingerprint density at radius 3 is 2.59 bits per heavy atom. The zero-order valence-corrected chi connectivity index (χ0v) is 11.8. The largest absolute Gasteiger partial charge is 0.465 e. The monoisotopic (exact) mass is 314 g/mol. The van der Waals surface area contributed by atoms with Gasteiger partial charge in [-0.1, -0.05) is 5.16 Å². The predicted octanol–water partition coefficient (Wildman–Crippen LogP) is 3.40. The summed E-state index contributed by atoms with van der Waals surface area (Å²) in [6, 6.07) is 4.60. The molecule has 0 bridgehead atoms. The van der Waals surface area contributed by atoms with Crippen LogP contribution in [-0.4, -0.2) is 18.2 Å². The smallest absolute Gasteiger partial charge is 0.416 e. The van der Waals surface area contributed by atoms with E-state index in [-0.39, 0.29) is 17.8 Å². The molecule has 1 aromatic carbocycles. The number of hydrogen-bond acceptors (Lipinski definition) is 5. The molecule has 1 N–H and O–H groups in total. The molecular formula is C14H13F3N2O3. The molecule has 0 aliphatic heterocycles. The summed E-state index contributed by atoms with van der Waals surface area (Å²) in [7, 11) is 1.11. The van der Waals surface area contributed by atoms with E-state index < -0.39 is 17.7 Å². The number of hydrogen-bond donors (Lipinski definition) is 1. The van der Waals surface area contributed by atoms with Crippen molar-refractivity contribution in [2.24, 2.45) is 0 Å². The molecule has 118 valence electrons. The van der Waals surface area contributed by atoms with Crippen molar-refractivity contribution in [3.63, 3.8) is 0 Å². The van der Waals surface area contributed by atoms with Crippen LogP contribution in [0.4, 0.5) is 18.9 Å². The third-order valence-corrected chi connectivity index (χ3v) is 2.83. The van der Waals surface area contributed by atoms with E-state index in [1.54, 1.807) is 13.0 Å². The maximum absolute atomic E-state index is 12.9. The topological polar surface area (TPSA) is 64.4 Å². The summed E-state index contributed by atoms with van der Waals surface area (Å²) in [4.78, 5) is 11.5. The lowest BCUT2D eigenvalue weighted by Gasteiger charge is -2.12. The molecule has 0 spiro atoms. The summed E-state index contributed by atoms with van der Waals surface area (Å²) in [5, 5.41) is 6.50. The van der Waals surface area contributed by atoms with Gasteiger partial charge in [0.25, 0.3) is 0 Å². The molecule has 8 heteroatoms. The maximum atomic E-state index is 12.9. The number of alkyl halides is 3. The second-order valence-corrected chi connectivity index (χ2v) is 4.57. The van der Waals surface area contributed by atoms with Gasteiger partial charge in [0.15, 0.2) is 0 Å². The Hall–Kier alpha value is -2.51. The summed E-state index contributed by atoms with van der Waals surface area (Å²) in [6.45, 7) is 1.87. The van der Waals surface area contributed by atoms with Crippen molar-refractivity contribution in [2.75, 3.05) is 12.4 Å². The quantitative estimate of drug-likeness (QED) is 0.876. The molecule has 0 aliphatic rings. The molecule has 0 aliphatic carbocycles. The van der Waals surface area contributed by atoms with Crippen LogP contribution in [0.1, 0.15) is 27.4 Å². The van der Waals surface area contributed by atoms with Crippen LogP contribution in [-0.2, 0) is 17.5 Å². The average molecular weight is 314 g/mol. The van der Waals surface area contributed by atoms with Crippen LogP contribution in [0.25, 0.3) is 0 Å². The fraction of sp³-hybridized carbons (Fsp3) is 0.286. The highest BCUT2D eigenvalue weighted by atomic mass is 19.4. The molecule has 22 heavy (non-hydrogen) atoms. The molecule has 0 radical (unpaired) electrons. The predicted molar refractivity (Wildman–Crippen MR) is 71.4 cm³/mol. The minimum atomic E-state index is -4.56. The number of aryl methyl sites for hydroxylation is 1. The Labute approximate surface area is 124 Å². The summed E-state index contributed by atoms with van der Waals surface area (Å²) < 4.78 is 48.0. The summed E-state index contributed by atoms with van der Waals surface area (Å²) in [6.07, 6.45) is -4.56. The Morgan fingerprint density at radius 2 is 2.05 bits per heavy atom. The van der Waals surface area contributed by atoms with Gasteiger partial charge in [-0.15, -0.1) is 0 Å². The number of carbonyl (C=O) groups is 1. The van der Waals surface area contributed by atoms with Gasteiger partial charge in [-0.2, -0.15) is 13.2 Å². The summed E-state index contributed by atoms with van der Waals surface area (Å²) >= 11 is 0. The first kappa shape index (κ1) is 15.9. The van der Waals surface area contributed by atoms with E-state index in [1.165, 1.54) is 6.07 Å². The molecule has 0 saturated carbocycles. The number of carbonyl (C=O) groups excluding carboxylic acids is 1. The first-order chi connectivity index (χ1) is 10.3. The van der Waals surface area contributed by atoms with Crippen molar-refractivity contribution in [3.05, 3.63) is 46.8 Å². The molecule has 0 atom stereocenters. The summed E-state index contributed by atoms with van der Waals surface area (Å²) in [5.41, 5.74) is -0.448. The van der Waals surface area contributed by atoms with Crippen LogP contribution in [0.3, 0.4) is 0 Å². The van der Waals surface area contributed by atoms with E-state index in [1.807, 2.05) is 0 Å². The molecule has 0 saturated heterocycles. The number of halogens is 3.